The molecule has 0 saturated carbocycles. The predicted molar refractivity (Wildman–Crippen MR) is 190 cm³/mol. The van der Waals surface area contributed by atoms with Gasteiger partial charge in [0.25, 0.3) is 5.56 Å². The van der Waals surface area contributed by atoms with Gasteiger partial charge in [0.05, 0.1) is 76.4 Å². The maximum absolute atomic E-state index is 14.3. The monoisotopic (exact) mass is 706 g/mol. The van der Waals surface area contributed by atoms with E-state index in [1.54, 1.807) is 61.4 Å². The van der Waals surface area contributed by atoms with Crippen LogP contribution >= 0.6 is 0 Å². The number of amides is 3. The number of hydrogen-bond donors (Lipinski definition) is 1. The highest BCUT2D eigenvalue weighted by Gasteiger charge is 2.33. The van der Waals surface area contributed by atoms with Gasteiger partial charge in [-0.25, -0.2) is 18.8 Å². The second kappa shape index (κ2) is 17.6. The Bertz CT molecular complexity index is 1850. The Labute approximate surface area is 295 Å². The molecule has 3 aromatic carbocycles. The standard InChI is InChI=1S/C36H43FN6O8/c1-25(42(31-14-13-28(48-3)23-32(31)49-4)36(46)38-27-11-9-26(37)10-12-27)34-39-30-8-6-5-7-29(30)35(45)43(34)41-17-15-40(16-18-41)33(44)24-51-22-21-50-20-19-47-2/h5-14,23,25H,15-22,24H2,1-4H3,(H,38,46). The van der Waals surface area contributed by atoms with Crippen LogP contribution in [0.3, 0.4) is 0 Å². The lowest BCUT2D eigenvalue weighted by Crippen LogP contribution is -2.57. The zero-order chi connectivity index (χ0) is 36.3. The summed E-state index contributed by atoms with van der Waals surface area (Å²) in [5.74, 6) is 0.510. The molecule has 3 amide bonds. The van der Waals surface area contributed by atoms with Gasteiger partial charge in [0.15, 0.2) is 5.82 Å². The SMILES string of the molecule is COCCOCCOCC(=O)N1CCN(n2c(C(C)N(C(=O)Nc3ccc(F)cc3)c3ccc(OC)cc3OC)nc3ccccc3c2=O)CC1. The normalized spacial score (nSPS) is 13.6. The Morgan fingerprint density at radius 2 is 1.61 bits per heavy atom. The molecule has 0 bridgehead atoms. The Morgan fingerprint density at radius 3 is 2.31 bits per heavy atom. The molecular formula is C36H43FN6O8. The van der Waals surface area contributed by atoms with E-state index in [0.29, 0.717) is 79.8 Å². The molecule has 0 aliphatic carbocycles. The van der Waals surface area contributed by atoms with E-state index in [1.165, 1.54) is 48.1 Å². The second-order valence-corrected chi connectivity index (χ2v) is 11.6. The van der Waals surface area contributed by atoms with Crippen LogP contribution in [-0.4, -0.2) is 107 Å². The summed E-state index contributed by atoms with van der Waals surface area (Å²) in [5.41, 5.74) is 0.871. The number of anilines is 2. The van der Waals surface area contributed by atoms with Gasteiger partial charge in [-0.1, -0.05) is 12.1 Å². The van der Waals surface area contributed by atoms with Crippen LogP contribution in [0, 0.1) is 5.82 Å². The van der Waals surface area contributed by atoms with Crippen LogP contribution < -0.4 is 30.3 Å². The molecule has 1 aliphatic heterocycles. The van der Waals surface area contributed by atoms with Crippen LogP contribution in [0.5, 0.6) is 11.5 Å². The highest BCUT2D eigenvalue weighted by atomic mass is 19.1. The number of methoxy groups -OCH3 is 3. The van der Waals surface area contributed by atoms with Gasteiger partial charge in [-0.2, -0.15) is 0 Å². The maximum Gasteiger partial charge on any atom is 0.327 e. The molecule has 1 saturated heterocycles. The maximum atomic E-state index is 14.3. The molecule has 4 aromatic rings. The Balaban J connectivity index is 1.45. The van der Waals surface area contributed by atoms with Crippen molar-refractivity contribution in [2.75, 3.05) is 95.8 Å². The molecule has 1 N–H and O–H groups in total. The number of fused-ring (bicyclic) bond motifs is 1. The van der Waals surface area contributed by atoms with Gasteiger partial charge in [-0.3, -0.25) is 14.5 Å². The highest BCUT2D eigenvalue weighted by molar-refractivity contribution is 6.03. The number of carbonyl (C=O) groups excluding carboxylic acids is 2. The summed E-state index contributed by atoms with van der Waals surface area (Å²) in [6.07, 6.45) is 0. The third-order valence-corrected chi connectivity index (χ3v) is 8.42. The molecule has 1 aromatic heterocycles. The number of aromatic nitrogens is 2. The second-order valence-electron chi connectivity index (χ2n) is 11.6. The summed E-state index contributed by atoms with van der Waals surface area (Å²) >= 11 is 0. The van der Waals surface area contributed by atoms with Crippen molar-refractivity contribution in [1.82, 2.24) is 14.6 Å². The summed E-state index contributed by atoms with van der Waals surface area (Å²) in [4.78, 5) is 49.5. The van der Waals surface area contributed by atoms with E-state index in [2.05, 4.69) is 5.32 Å². The number of urea groups is 1. The highest BCUT2D eigenvalue weighted by Crippen LogP contribution is 2.37. The minimum atomic E-state index is -0.857. The van der Waals surface area contributed by atoms with Gasteiger partial charge >= 0.3 is 6.03 Å². The average Bonchev–Trinajstić information content (AvgIpc) is 3.15. The molecule has 1 fully saturated rings. The lowest BCUT2D eigenvalue weighted by Gasteiger charge is -2.39. The molecule has 15 heteroatoms. The fraction of sp³-hybridized carbons (Fsp3) is 0.389. The molecule has 14 nitrogen and oxygen atoms in total. The summed E-state index contributed by atoms with van der Waals surface area (Å²) in [7, 11) is 4.60. The first-order valence-corrected chi connectivity index (χ1v) is 16.5. The number of nitrogens with one attached hydrogen (secondary N) is 1. The molecule has 1 unspecified atom stereocenters. The molecular weight excluding hydrogens is 663 g/mol. The zero-order valence-corrected chi connectivity index (χ0v) is 29.2. The molecule has 272 valence electrons. The van der Waals surface area contributed by atoms with Crippen LogP contribution in [-0.2, 0) is 19.0 Å². The summed E-state index contributed by atoms with van der Waals surface area (Å²) in [6, 6.07) is 16.0. The first-order chi connectivity index (χ1) is 24.7. The van der Waals surface area contributed by atoms with Gasteiger partial charge in [0.2, 0.25) is 5.91 Å². The van der Waals surface area contributed by atoms with Crippen LogP contribution in [0.15, 0.2) is 71.5 Å². The number of para-hydroxylation sites is 1. The van der Waals surface area contributed by atoms with Crippen LogP contribution in [0.4, 0.5) is 20.6 Å². The van der Waals surface area contributed by atoms with Crippen molar-refractivity contribution in [2.24, 2.45) is 0 Å². The summed E-state index contributed by atoms with van der Waals surface area (Å²) in [6.45, 7) is 4.54. The Morgan fingerprint density at radius 1 is 0.902 bits per heavy atom. The average molecular weight is 707 g/mol. The molecule has 0 spiro atoms. The third kappa shape index (κ3) is 8.92. The number of halogens is 1. The van der Waals surface area contributed by atoms with Crippen LogP contribution in [0.2, 0.25) is 0 Å². The van der Waals surface area contributed by atoms with Crippen molar-refractivity contribution in [3.8, 4) is 11.5 Å². The number of ether oxygens (including phenoxy) is 5. The topological polar surface area (TPSA) is 137 Å². The Hall–Kier alpha value is -5.25. The number of piperazine rings is 1. The quantitative estimate of drug-likeness (QED) is 0.182. The van der Waals surface area contributed by atoms with Crippen molar-refractivity contribution < 1.29 is 37.7 Å². The fourth-order valence-corrected chi connectivity index (χ4v) is 5.75. The van der Waals surface area contributed by atoms with Crippen molar-refractivity contribution in [2.45, 2.75) is 13.0 Å². The summed E-state index contributed by atoms with van der Waals surface area (Å²) in [5, 5.41) is 5.07. The van der Waals surface area contributed by atoms with Crippen LogP contribution in [0.25, 0.3) is 10.9 Å². The van der Waals surface area contributed by atoms with E-state index < -0.39 is 17.9 Å². The number of carbonyl (C=O) groups is 2. The number of benzene rings is 3. The first-order valence-electron chi connectivity index (χ1n) is 16.5. The van der Waals surface area contributed by atoms with E-state index >= 15 is 0 Å². The minimum Gasteiger partial charge on any atom is -0.497 e. The molecule has 51 heavy (non-hydrogen) atoms. The van der Waals surface area contributed by atoms with Crippen molar-refractivity contribution in [1.29, 1.82) is 0 Å². The predicted octanol–water partition coefficient (Wildman–Crippen LogP) is 3.81. The molecule has 1 aliphatic rings. The molecule has 1 atom stereocenters. The zero-order valence-electron chi connectivity index (χ0n) is 29.2. The van der Waals surface area contributed by atoms with Gasteiger partial charge in [0, 0.05) is 32.0 Å². The van der Waals surface area contributed by atoms with Gasteiger partial charge < -0.3 is 38.9 Å². The fourth-order valence-electron chi connectivity index (χ4n) is 5.75. The lowest BCUT2D eigenvalue weighted by atomic mass is 10.1. The van der Waals surface area contributed by atoms with Gasteiger partial charge in [0.1, 0.15) is 23.9 Å². The van der Waals surface area contributed by atoms with Gasteiger partial charge in [-0.15, -0.1) is 0 Å². The van der Waals surface area contributed by atoms with E-state index in [1.807, 2.05) is 5.01 Å². The Kier molecular flexibility index (Phi) is 12.8. The lowest BCUT2D eigenvalue weighted by molar-refractivity contribution is -0.137. The number of hydrogen-bond acceptors (Lipinski definition) is 10. The number of rotatable bonds is 15. The van der Waals surface area contributed by atoms with E-state index in [4.69, 9.17) is 28.7 Å². The molecule has 0 radical (unpaired) electrons. The van der Waals surface area contributed by atoms with E-state index in [9.17, 15) is 18.8 Å². The molecule has 2 heterocycles. The van der Waals surface area contributed by atoms with Crippen molar-refractivity contribution >= 4 is 34.2 Å². The largest absolute Gasteiger partial charge is 0.497 e. The van der Waals surface area contributed by atoms with Crippen LogP contribution in [0.1, 0.15) is 18.8 Å². The smallest absolute Gasteiger partial charge is 0.327 e. The van der Waals surface area contributed by atoms with Gasteiger partial charge in [-0.05, 0) is 55.5 Å². The molecule has 5 rings (SSSR count). The van der Waals surface area contributed by atoms with E-state index in [0.717, 1.165) is 0 Å². The summed E-state index contributed by atoms with van der Waals surface area (Å²) < 4.78 is 42.1. The van der Waals surface area contributed by atoms with E-state index in [-0.39, 0.29) is 30.5 Å². The number of nitrogens with zero attached hydrogens (tertiary/aromatic N) is 5. The first kappa shape index (κ1) is 37.0. The minimum absolute atomic E-state index is 0.0881. The van der Waals surface area contributed by atoms with Crippen molar-refractivity contribution in [3.05, 3.63) is 88.7 Å². The van der Waals surface area contributed by atoms with Crippen molar-refractivity contribution in [3.63, 3.8) is 0 Å². The third-order valence-electron chi connectivity index (χ3n) is 8.42.